The van der Waals surface area contributed by atoms with Gasteiger partial charge in [0.1, 0.15) is 17.9 Å². The van der Waals surface area contributed by atoms with Gasteiger partial charge in [0, 0.05) is 6.04 Å². The first-order chi connectivity index (χ1) is 5.54. The minimum Gasteiger partial charge on any atom is -0.389 e. The van der Waals surface area contributed by atoms with Crippen LogP contribution in [-0.2, 0) is 0 Å². The summed E-state index contributed by atoms with van der Waals surface area (Å²) in [6, 6.07) is -0.298. The van der Waals surface area contributed by atoms with Gasteiger partial charge in [0.15, 0.2) is 0 Å². The number of hydrogen-bond acceptors (Lipinski definition) is 5. The lowest BCUT2D eigenvalue weighted by atomic mass is 9.94. The lowest BCUT2D eigenvalue weighted by molar-refractivity contribution is -0.186. The minimum absolute atomic E-state index is 0.298. The Morgan fingerprint density at radius 1 is 1.17 bits per heavy atom. The van der Waals surface area contributed by atoms with Crippen LogP contribution in [0.5, 0.6) is 0 Å². The highest BCUT2D eigenvalue weighted by atomic mass is 16.4. The van der Waals surface area contributed by atoms with Gasteiger partial charge >= 0.3 is 0 Å². The predicted molar refractivity (Wildman–Crippen MR) is 39.1 cm³/mol. The van der Waals surface area contributed by atoms with Gasteiger partial charge in [-0.1, -0.05) is 0 Å². The smallest absolute Gasteiger partial charge is 0.145 e. The Morgan fingerprint density at radius 3 is 2.50 bits per heavy atom. The molecular weight excluding hydrogens is 162 g/mol. The van der Waals surface area contributed by atoms with Gasteiger partial charge in [-0.2, -0.15) is 0 Å². The number of rotatable bonds is 0. The van der Waals surface area contributed by atoms with Gasteiger partial charge in [-0.25, -0.2) is 0 Å². The summed E-state index contributed by atoms with van der Waals surface area (Å²) >= 11 is 0. The van der Waals surface area contributed by atoms with E-state index in [0.29, 0.717) is 12.8 Å². The van der Waals surface area contributed by atoms with Crippen LogP contribution in [-0.4, -0.2) is 50.5 Å². The van der Waals surface area contributed by atoms with E-state index >= 15 is 0 Å². The summed E-state index contributed by atoms with van der Waals surface area (Å²) in [5.74, 6) is 0. The number of aliphatic hydroxyl groups excluding tert-OH is 3. The zero-order chi connectivity index (χ0) is 8.93. The van der Waals surface area contributed by atoms with Crippen molar-refractivity contribution >= 4 is 0 Å². The van der Waals surface area contributed by atoms with Crippen LogP contribution in [0.25, 0.3) is 0 Å². The molecule has 2 fully saturated rings. The van der Waals surface area contributed by atoms with Crippen molar-refractivity contribution in [3.8, 4) is 0 Å². The molecule has 2 saturated heterocycles. The minimum atomic E-state index is -1.40. The topological polar surface area (TPSA) is 93.0 Å². The summed E-state index contributed by atoms with van der Waals surface area (Å²) in [6.07, 6.45) is -2.59. The number of piperidine rings is 1. The van der Waals surface area contributed by atoms with E-state index in [-0.39, 0.29) is 6.04 Å². The maximum absolute atomic E-state index is 9.65. The molecule has 0 radical (unpaired) electrons. The third kappa shape index (κ3) is 0.915. The molecule has 2 aliphatic rings. The van der Waals surface area contributed by atoms with Gasteiger partial charge < -0.3 is 20.4 Å². The molecule has 0 aromatic rings. The molecule has 0 aromatic carbocycles. The fourth-order valence-electron chi connectivity index (χ4n) is 2.04. The van der Waals surface area contributed by atoms with Crippen LogP contribution in [0.3, 0.4) is 0 Å². The molecule has 2 rings (SSSR count). The molecule has 0 saturated carbocycles. The van der Waals surface area contributed by atoms with E-state index < -0.39 is 24.0 Å². The van der Waals surface area contributed by atoms with Crippen molar-refractivity contribution in [2.24, 2.45) is 0 Å². The number of aliphatic hydroxyl groups is 4. The number of fused-ring (bicyclic) bond motifs is 2. The molecule has 70 valence electrons. The van der Waals surface area contributed by atoms with Gasteiger partial charge in [-0.3, -0.25) is 5.32 Å². The van der Waals surface area contributed by atoms with Crippen LogP contribution in [0, 0.1) is 0 Å². The zero-order valence-electron chi connectivity index (χ0n) is 6.51. The van der Waals surface area contributed by atoms with Crippen LogP contribution >= 0.6 is 0 Å². The lowest BCUT2D eigenvalue weighted by Gasteiger charge is -2.40. The fraction of sp³-hybridized carbons (Fsp3) is 1.00. The first kappa shape index (κ1) is 8.40. The van der Waals surface area contributed by atoms with E-state index in [4.69, 9.17) is 0 Å². The summed E-state index contributed by atoms with van der Waals surface area (Å²) in [7, 11) is 0. The Hall–Kier alpha value is -0.200. The summed E-state index contributed by atoms with van der Waals surface area (Å²) in [6.45, 7) is 0. The monoisotopic (exact) mass is 175 g/mol. The van der Waals surface area contributed by atoms with E-state index in [9.17, 15) is 20.4 Å². The maximum atomic E-state index is 9.65. The molecule has 5 heteroatoms. The Kier molecular flexibility index (Phi) is 1.68. The molecule has 0 aliphatic carbocycles. The molecule has 2 aliphatic heterocycles. The first-order valence-electron chi connectivity index (χ1n) is 4.09. The van der Waals surface area contributed by atoms with E-state index in [1.54, 1.807) is 0 Å². The van der Waals surface area contributed by atoms with Crippen molar-refractivity contribution in [1.82, 2.24) is 5.32 Å². The van der Waals surface area contributed by atoms with Gasteiger partial charge in [-0.15, -0.1) is 0 Å². The van der Waals surface area contributed by atoms with Crippen LogP contribution in [0.2, 0.25) is 0 Å². The number of hydrogen-bond donors (Lipinski definition) is 5. The molecule has 0 aromatic heterocycles. The maximum Gasteiger partial charge on any atom is 0.145 e. The standard InChI is InChI=1S/C7H13NO4/c9-4-3-1-2-7(12,8-3)6(11)5(4)10/h3-6,8-12H,1-2H2/t3-,4+,5+,6-,7+/m0/s1. The lowest BCUT2D eigenvalue weighted by Crippen LogP contribution is -2.67. The van der Waals surface area contributed by atoms with Crippen molar-refractivity contribution < 1.29 is 20.4 Å². The first-order valence-corrected chi connectivity index (χ1v) is 4.09. The van der Waals surface area contributed by atoms with Crippen LogP contribution in [0.15, 0.2) is 0 Å². The Balaban J connectivity index is 2.25. The second-order valence-corrected chi connectivity index (χ2v) is 3.64. The van der Waals surface area contributed by atoms with Crippen LogP contribution in [0.1, 0.15) is 12.8 Å². The van der Waals surface area contributed by atoms with Crippen LogP contribution < -0.4 is 5.32 Å². The quantitative estimate of drug-likeness (QED) is 0.281. The molecular formula is C7H13NO4. The van der Waals surface area contributed by atoms with Crippen LogP contribution in [0.4, 0.5) is 0 Å². The highest BCUT2D eigenvalue weighted by Gasteiger charge is 2.55. The summed E-state index contributed by atoms with van der Waals surface area (Å²) < 4.78 is 0. The normalized spacial score (nSPS) is 59.0. The Morgan fingerprint density at radius 2 is 1.83 bits per heavy atom. The molecule has 5 atom stereocenters. The second kappa shape index (κ2) is 2.40. The van der Waals surface area contributed by atoms with Gasteiger partial charge in [0.2, 0.25) is 0 Å². The van der Waals surface area contributed by atoms with E-state index in [1.807, 2.05) is 0 Å². The molecule has 5 N–H and O–H groups in total. The third-order valence-corrected chi connectivity index (χ3v) is 2.85. The van der Waals surface area contributed by atoms with Gasteiger partial charge in [0.25, 0.3) is 0 Å². The van der Waals surface area contributed by atoms with Crippen molar-refractivity contribution in [3.63, 3.8) is 0 Å². The predicted octanol–water partition coefficient (Wildman–Crippen LogP) is -2.48. The van der Waals surface area contributed by atoms with E-state index in [2.05, 4.69) is 5.32 Å². The van der Waals surface area contributed by atoms with Crippen molar-refractivity contribution in [1.29, 1.82) is 0 Å². The summed E-state index contributed by atoms with van der Waals surface area (Å²) in [5.41, 5.74) is -1.40. The summed E-state index contributed by atoms with van der Waals surface area (Å²) in [4.78, 5) is 0. The highest BCUT2D eigenvalue weighted by molar-refractivity contribution is 5.07. The molecule has 0 unspecified atom stereocenters. The van der Waals surface area contributed by atoms with Crippen molar-refractivity contribution in [2.45, 2.75) is 42.9 Å². The second-order valence-electron chi connectivity index (χ2n) is 3.64. The van der Waals surface area contributed by atoms with Gasteiger partial charge in [-0.05, 0) is 12.8 Å². The average Bonchev–Trinajstić information content (AvgIpc) is 2.41. The highest BCUT2D eigenvalue weighted by Crippen LogP contribution is 2.34. The van der Waals surface area contributed by atoms with Gasteiger partial charge in [0.05, 0.1) is 6.10 Å². The largest absolute Gasteiger partial charge is 0.389 e. The van der Waals surface area contributed by atoms with E-state index in [1.165, 1.54) is 0 Å². The SMILES string of the molecule is O[C@@H]1[C@H](O)[C@@H]2CC[C@](O)(N2)[C@H]1O. The molecule has 2 heterocycles. The Bertz CT molecular complexity index is 200. The third-order valence-electron chi connectivity index (χ3n) is 2.85. The molecule has 0 spiro atoms. The summed E-state index contributed by atoms with van der Waals surface area (Å²) in [5, 5.41) is 40.4. The molecule has 5 nitrogen and oxygen atoms in total. The number of nitrogens with one attached hydrogen (secondary N) is 1. The average molecular weight is 175 g/mol. The fourth-order valence-corrected chi connectivity index (χ4v) is 2.04. The van der Waals surface area contributed by atoms with E-state index in [0.717, 1.165) is 0 Å². The zero-order valence-corrected chi connectivity index (χ0v) is 6.51. The molecule has 0 amide bonds. The van der Waals surface area contributed by atoms with Crippen molar-refractivity contribution in [2.75, 3.05) is 0 Å². The van der Waals surface area contributed by atoms with Crippen molar-refractivity contribution in [3.05, 3.63) is 0 Å². The molecule has 2 bridgehead atoms. The molecule has 12 heavy (non-hydrogen) atoms. The Labute approximate surface area is 69.6 Å².